The van der Waals surface area contributed by atoms with Gasteiger partial charge in [0.25, 0.3) is 5.69 Å². The molecule has 0 bridgehead atoms. The molecule has 104 valence electrons. The van der Waals surface area contributed by atoms with Gasteiger partial charge in [-0.15, -0.1) is 0 Å². The Bertz CT molecular complexity index is 659. The SMILES string of the molecule is Cc1cc(Br)ccc1OCc1cccc([N+](=O)[O-])c1N. The zero-order valence-corrected chi connectivity index (χ0v) is 12.4. The van der Waals surface area contributed by atoms with Crippen LogP contribution < -0.4 is 10.5 Å². The smallest absolute Gasteiger partial charge is 0.292 e. The van der Waals surface area contributed by atoms with Crippen molar-refractivity contribution in [2.24, 2.45) is 0 Å². The highest BCUT2D eigenvalue weighted by atomic mass is 79.9. The highest BCUT2D eigenvalue weighted by Gasteiger charge is 2.14. The molecule has 2 aromatic rings. The van der Waals surface area contributed by atoms with Crippen molar-refractivity contribution < 1.29 is 9.66 Å². The zero-order valence-electron chi connectivity index (χ0n) is 10.8. The lowest BCUT2D eigenvalue weighted by molar-refractivity contribution is -0.384. The van der Waals surface area contributed by atoms with Crippen molar-refractivity contribution in [2.45, 2.75) is 13.5 Å². The number of para-hydroxylation sites is 1. The summed E-state index contributed by atoms with van der Waals surface area (Å²) in [5.74, 6) is 0.721. The number of nitrogen functional groups attached to an aromatic ring is 1. The lowest BCUT2D eigenvalue weighted by Gasteiger charge is -2.11. The van der Waals surface area contributed by atoms with Gasteiger partial charge in [-0.2, -0.15) is 0 Å². The molecule has 0 unspecified atom stereocenters. The first-order valence-corrected chi connectivity index (χ1v) is 6.69. The summed E-state index contributed by atoms with van der Waals surface area (Å²) in [6.07, 6.45) is 0. The first kappa shape index (κ1) is 14.3. The number of hydrogen-bond donors (Lipinski definition) is 1. The second-order valence-electron chi connectivity index (χ2n) is 4.31. The molecule has 2 rings (SSSR count). The topological polar surface area (TPSA) is 78.4 Å². The summed E-state index contributed by atoms with van der Waals surface area (Å²) in [5.41, 5.74) is 7.40. The molecule has 0 amide bonds. The van der Waals surface area contributed by atoms with Crippen LogP contribution in [0.4, 0.5) is 11.4 Å². The predicted molar refractivity (Wildman–Crippen MR) is 80.7 cm³/mol. The molecule has 6 heteroatoms. The molecule has 0 fully saturated rings. The first-order valence-electron chi connectivity index (χ1n) is 5.89. The molecule has 5 nitrogen and oxygen atoms in total. The van der Waals surface area contributed by atoms with Gasteiger partial charge in [0.15, 0.2) is 0 Å². The van der Waals surface area contributed by atoms with Crippen molar-refractivity contribution in [1.29, 1.82) is 0 Å². The molecule has 0 saturated carbocycles. The van der Waals surface area contributed by atoms with Crippen molar-refractivity contribution in [2.75, 3.05) is 5.73 Å². The van der Waals surface area contributed by atoms with Gasteiger partial charge in [0.05, 0.1) is 4.92 Å². The fourth-order valence-electron chi connectivity index (χ4n) is 1.81. The van der Waals surface area contributed by atoms with Crippen LogP contribution in [0.15, 0.2) is 40.9 Å². The maximum Gasteiger partial charge on any atom is 0.292 e. The van der Waals surface area contributed by atoms with E-state index in [4.69, 9.17) is 10.5 Å². The van der Waals surface area contributed by atoms with E-state index in [0.717, 1.165) is 15.8 Å². The Hall–Kier alpha value is -2.08. The fraction of sp³-hybridized carbons (Fsp3) is 0.143. The van der Waals surface area contributed by atoms with Crippen molar-refractivity contribution in [1.82, 2.24) is 0 Å². The van der Waals surface area contributed by atoms with E-state index in [1.807, 2.05) is 25.1 Å². The van der Waals surface area contributed by atoms with Gasteiger partial charge in [0.2, 0.25) is 0 Å². The van der Waals surface area contributed by atoms with E-state index >= 15 is 0 Å². The number of aryl methyl sites for hydroxylation is 1. The Kier molecular flexibility index (Phi) is 4.24. The van der Waals surface area contributed by atoms with Crippen LogP contribution in [0.1, 0.15) is 11.1 Å². The van der Waals surface area contributed by atoms with Crippen LogP contribution in [0, 0.1) is 17.0 Å². The molecule has 0 aliphatic heterocycles. The lowest BCUT2D eigenvalue weighted by Crippen LogP contribution is -2.04. The summed E-state index contributed by atoms with van der Waals surface area (Å²) in [5, 5.41) is 10.8. The van der Waals surface area contributed by atoms with Crippen molar-refractivity contribution in [3.8, 4) is 5.75 Å². The molecule has 0 heterocycles. The Morgan fingerprint density at radius 3 is 2.75 bits per heavy atom. The van der Waals surface area contributed by atoms with Gasteiger partial charge in [0, 0.05) is 16.1 Å². The minimum Gasteiger partial charge on any atom is -0.489 e. The summed E-state index contributed by atoms with van der Waals surface area (Å²) in [4.78, 5) is 10.3. The summed E-state index contributed by atoms with van der Waals surface area (Å²) in [6.45, 7) is 2.12. The molecule has 2 N–H and O–H groups in total. The van der Waals surface area contributed by atoms with Crippen LogP contribution in [0.3, 0.4) is 0 Å². The number of nitrogens with two attached hydrogens (primary N) is 1. The molecule has 20 heavy (non-hydrogen) atoms. The molecule has 0 spiro atoms. The molecule has 0 radical (unpaired) electrons. The van der Waals surface area contributed by atoms with E-state index in [9.17, 15) is 10.1 Å². The molecule has 0 saturated heterocycles. The minimum atomic E-state index is -0.496. The number of nitrogens with zero attached hydrogens (tertiary/aromatic N) is 1. The third kappa shape index (κ3) is 3.08. The van der Waals surface area contributed by atoms with Gasteiger partial charge in [-0.25, -0.2) is 0 Å². The van der Waals surface area contributed by atoms with Crippen LogP contribution in [0.25, 0.3) is 0 Å². The van der Waals surface area contributed by atoms with E-state index in [1.165, 1.54) is 6.07 Å². The van der Waals surface area contributed by atoms with E-state index in [-0.39, 0.29) is 18.0 Å². The second kappa shape index (κ2) is 5.92. The Labute approximate surface area is 124 Å². The van der Waals surface area contributed by atoms with E-state index in [0.29, 0.717) is 5.56 Å². The molecule has 0 atom stereocenters. The largest absolute Gasteiger partial charge is 0.489 e. The molecule has 0 aliphatic rings. The van der Waals surface area contributed by atoms with Crippen LogP contribution in [-0.4, -0.2) is 4.92 Å². The van der Waals surface area contributed by atoms with Crippen LogP contribution >= 0.6 is 15.9 Å². The van der Waals surface area contributed by atoms with Gasteiger partial charge in [-0.3, -0.25) is 10.1 Å². The highest BCUT2D eigenvalue weighted by molar-refractivity contribution is 9.10. The summed E-state index contributed by atoms with van der Waals surface area (Å²) in [6, 6.07) is 10.3. The molecular weight excluding hydrogens is 324 g/mol. The number of hydrogen-bond acceptors (Lipinski definition) is 4. The van der Waals surface area contributed by atoms with E-state index in [1.54, 1.807) is 12.1 Å². The van der Waals surface area contributed by atoms with Gasteiger partial charge >= 0.3 is 0 Å². The third-order valence-electron chi connectivity index (χ3n) is 2.89. The monoisotopic (exact) mass is 336 g/mol. The normalized spacial score (nSPS) is 10.3. The van der Waals surface area contributed by atoms with Crippen LogP contribution in [0.5, 0.6) is 5.75 Å². The Balaban J connectivity index is 2.19. The highest BCUT2D eigenvalue weighted by Crippen LogP contribution is 2.27. The minimum absolute atomic E-state index is 0.0985. The molecule has 0 aromatic heterocycles. The number of halogens is 1. The number of ether oxygens (including phenoxy) is 1. The van der Waals surface area contributed by atoms with Crippen LogP contribution in [-0.2, 0) is 6.61 Å². The number of rotatable bonds is 4. The number of benzene rings is 2. The zero-order chi connectivity index (χ0) is 14.7. The summed E-state index contributed by atoms with van der Waals surface area (Å²) >= 11 is 3.38. The lowest BCUT2D eigenvalue weighted by atomic mass is 10.1. The average molecular weight is 337 g/mol. The quantitative estimate of drug-likeness (QED) is 0.522. The van der Waals surface area contributed by atoms with Crippen molar-refractivity contribution in [3.63, 3.8) is 0 Å². The molecule has 0 aliphatic carbocycles. The summed E-state index contributed by atoms with van der Waals surface area (Å²) < 4.78 is 6.64. The number of nitro benzene ring substituents is 1. The standard InChI is InChI=1S/C14H13BrN2O3/c1-9-7-11(15)5-6-13(9)20-8-10-3-2-4-12(14(10)16)17(18)19/h2-7H,8,16H2,1H3. The first-order chi connectivity index (χ1) is 9.49. The molecule has 2 aromatic carbocycles. The van der Waals surface area contributed by atoms with Crippen molar-refractivity contribution in [3.05, 3.63) is 62.1 Å². The number of nitro groups is 1. The third-order valence-corrected chi connectivity index (χ3v) is 3.38. The predicted octanol–water partition coefficient (Wildman–Crippen LogP) is 3.83. The van der Waals surface area contributed by atoms with Gasteiger partial charge in [-0.05, 0) is 30.7 Å². The number of anilines is 1. The average Bonchev–Trinajstić information content (AvgIpc) is 2.39. The Morgan fingerprint density at radius 2 is 2.10 bits per heavy atom. The second-order valence-corrected chi connectivity index (χ2v) is 5.22. The van der Waals surface area contributed by atoms with Gasteiger partial charge in [-0.1, -0.05) is 28.1 Å². The van der Waals surface area contributed by atoms with Gasteiger partial charge < -0.3 is 10.5 Å². The maximum absolute atomic E-state index is 10.8. The van der Waals surface area contributed by atoms with E-state index < -0.39 is 4.92 Å². The van der Waals surface area contributed by atoms with Crippen molar-refractivity contribution >= 4 is 27.3 Å². The summed E-state index contributed by atoms with van der Waals surface area (Å²) in [7, 11) is 0. The van der Waals surface area contributed by atoms with Gasteiger partial charge in [0.1, 0.15) is 18.0 Å². The fourth-order valence-corrected chi connectivity index (χ4v) is 2.29. The molecular formula is C14H13BrN2O3. The van der Waals surface area contributed by atoms with E-state index in [2.05, 4.69) is 15.9 Å². The Morgan fingerprint density at radius 1 is 1.35 bits per heavy atom. The van der Waals surface area contributed by atoms with Crippen LogP contribution in [0.2, 0.25) is 0 Å². The maximum atomic E-state index is 10.8.